The van der Waals surface area contributed by atoms with Gasteiger partial charge in [0.15, 0.2) is 5.58 Å². The Labute approximate surface area is 204 Å². The highest BCUT2D eigenvalue weighted by Gasteiger charge is 2.37. The molecule has 33 heavy (non-hydrogen) atoms. The second kappa shape index (κ2) is 8.26. The van der Waals surface area contributed by atoms with Crippen LogP contribution in [0.2, 0.25) is 0 Å². The molecule has 0 aliphatic carbocycles. The highest BCUT2D eigenvalue weighted by atomic mass is 127. The van der Waals surface area contributed by atoms with Crippen molar-refractivity contribution in [1.82, 2.24) is 29.5 Å². The van der Waals surface area contributed by atoms with Crippen molar-refractivity contribution in [3.63, 3.8) is 0 Å². The van der Waals surface area contributed by atoms with E-state index in [-0.39, 0.29) is 5.91 Å². The number of pyridine rings is 1. The SMILES string of the molecule is C[C@H]1CN(C2CN(C(=O)c3cnc4ccc(-c5ccc6oc(NI)nc6c5)cn34)C2)CCN1. The third kappa shape index (κ3) is 3.75. The van der Waals surface area contributed by atoms with Gasteiger partial charge in [0.25, 0.3) is 5.91 Å². The lowest BCUT2D eigenvalue weighted by molar-refractivity contribution is 0.0175. The van der Waals surface area contributed by atoms with Crippen LogP contribution in [0.1, 0.15) is 17.4 Å². The summed E-state index contributed by atoms with van der Waals surface area (Å²) in [6.45, 7) is 6.85. The number of piperazine rings is 1. The van der Waals surface area contributed by atoms with Gasteiger partial charge in [0.05, 0.1) is 29.1 Å². The first kappa shape index (κ1) is 20.9. The van der Waals surface area contributed by atoms with Gasteiger partial charge < -0.3 is 14.6 Å². The Morgan fingerprint density at radius 3 is 2.88 bits per heavy atom. The van der Waals surface area contributed by atoms with Crippen molar-refractivity contribution in [1.29, 1.82) is 0 Å². The Hall–Kier alpha value is -2.70. The van der Waals surface area contributed by atoms with E-state index in [4.69, 9.17) is 4.42 Å². The van der Waals surface area contributed by atoms with Gasteiger partial charge in [0, 0.05) is 51.0 Å². The summed E-state index contributed by atoms with van der Waals surface area (Å²) < 4.78 is 10.4. The number of anilines is 1. The Bertz CT molecular complexity index is 1340. The maximum absolute atomic E-state index is 13.3. The number of likely N-dealkylation sites (tertiary alicyclic amines) is 1. The summed E-state index contributed by atoms with van der Waals surface area (Å²) in [5, 5.41) is 3.48. The normalized spacial score (nSPS) is 19.8. The summed E-state index contributed by atoms with van der Waals surface area (Å²) in [7, 11) is 0. The van der Waals surface area contributed by atoms with Crippen molar-refractivity contribution >= 4 is 51.5 Å². The molecule has 1 amide bonds. The van der Waals surface area contributed by atoms with Gasteiger partial charge in [-0.05, 0) is 42.3 Å². The molecule has 1 atom stereocenters. The molecule has 0 unspecified atom stereocenters. The molecule has 10 heteroatoms. The maximum Gasteiger partial charge on any atom is 0.304 e. The van der Waals surface area contributed by atoms with Crippen LogP contribution in [0.4, 0.5) is 6.01 Å². The van der Waals surface area contributed by atoms with Gasteiger partial charge in [-0.2, -0.15) is 4.98 Å². The van der Waals surface area contributed by atoms with Gasteiger partial charge in [-0.15, -0.1) is 0 Å². The van der Waals surface area contributed by atoms with Crippen LogP contribution in [0.5, 0.6) is 0 Å². The molecule has 0 spiro atoms. The predicted octanol–water partition coefficient (Wildman–Crippen LogP) is 3.02. The molecular weight excluding hydrogens is 533 g/mol. The van der Waals surface area contributed by atoms with E-state index in [1.165, 1.54) is 0 Å². The van der Waals surface area contributed by atoms with Crippen molar-refractivity contribution in [3.8, 4) is 11.1 Å². The molecule has 2 aliphatic heterocycles. The summed E-state index contributed by atoms with van der Waals surface area (Å²) >= 11 is 2.00. The van der Waals surface area contributed by atoms with Gasteiger partial charge in [0.2, 0.25) is 0 Å². The number of halogens is 1. The second-order valence-corrected chi connectivity index (χ2v) is 9.34. The number of carbonyl (C=O) groups excluding carboxylic acids is 1. The van der Waals surface area contributed by atoms with E-state index >= 15 is 0 Å². The number of oxazole rings is 1. The number of amides is 1. The molecule has 9 nitrogen and oxygen atoms in total. The smallest absolute Gasteiger partial charge is 0.304 e. The van der Waals surface area contributed by atoms with Crippen molar-refractivity contribution in [3.05, 3.63) is 48.4 Å². The van der Waals surface area contributed by atoms with Crippen LogP contribution in [0, 0.1) is 0 Å². The summed E-state index contributed by atoms with van der Waals surface area (Å²) in [6, 6.07) is 11.3. The van der Waals surface area contributed by atoms with Gasteiger partial charge in [-0.1, -0.05) is 6.07 Å². The van der Waals surface area contributed by atoms with Crippen molar-refractivity contribution in [2.75, 3.05) is 36.3 Å². The molecule has 4 aromatic rings. The number of imidazole rings is 1. The van der Waals surface area contributed by atoms with Gasteiger partial charge in [-0.3, -0.25) is 17.6 Å². The number of aromatic nitrogens is 3. The van der Waals surface area contributed by atoms with Gasteiger partial charge in [0.1, 0.15) is 16.9 Å². The first-order valence-corrected chi connectivity index (χ1v) is 12.2. The van der Waals surface area contributed by atoms with E-state index in [0.29, 0.717) is 23.8 Å². The molecule has 6 rings (SSSR count). The fourth-order valence-corrected chi connectivity index (χ4v) is 5.00. The number of hydrogen-bond donors (Lipinski definition) is 2. The Morgan fingerprint density at radius 1 is 1.21 bits per heavy atom. The molecule has 0 radical (unpaired) electrons. The quantitative estimate of drug-likeness (QED) is 0.295. The first-order valence-electron chi connectivity index (χ1n) is 11.1. The Kier molecular flexibility index (Phi) is 5.23. The number of nitrogens with one attached hydrogen (secondary N) is 2. The number of benzene rings is 1. The fraction of sp³-hybridized carbons (Fsp3) is 0.348. The predicted molar refractivity (Wildman–Crippen MR) is 135 cm³/mol. The number of fused-ring (bicyclic) bond motifs is 2. The summed E-state index contributed by atoms with van der Waals surface area (Å²) in [6.07, 6.45) is 3.66. The van der Waals surface area contributed by atoms with E-state index in [9.17, 15) is 4.79 Å². The fourth-order valence-electron chi connectivity index (χ4n) is 4.76. The molecule has 3 aromatic heterocycles. The minimum atomic E-state index is 0.0313. The van der Waals surface area contributed by atoms with E-state index in [0.717, 1.165) is 60.6 Å². The Morgan fingerprint density at radius 2 is 2.06 bits per heavy atom. The first-order chi connectivity index (χ1) is 16.1. The van der Waals surface area contributed by atoms with Crippen molar-refractivity contribution in [2.24, 2.45) is 0 Å². The van der Waals surface area contributed by atoms with Crippen LogP contribution in [0.15, 0.2) is 47.1 Å². The number of nitrogens with zero attached hydrogens (tertiary/aromatic N) is 5. The zero-order valence-electron chi connectivity index (χ0n) is 18.2. The van der Waals surface area contributed by atoms with E-state index in [1.807, 2.05) is 68.7 Å². The summed E-state index contributed by atoms with van der Waals surface area (Å²) in [5.74, 6) is 0.0313. The monoisotopic (exact) mass is 557 g/mol. The summed E-state index contributed by atoms with van der Waals surface area (Å²) in [5.41, 5.74) is 4.85. The molecule has 1 aromatic carbocycles. The molecule has 5 heterocycles. The second-order valence-electron chi connectivity index (χ2n) is 8.80. The molecule has 2 aliphatic rings. The zero-order chi connectivity index (χ0) is 22.5. The topological polar surface area (TPSA) is 90.9 Å². The average Bonchev–Trinajstić information content (AvgIpc) is 3.41. The lowest BCUT2D eigenvalue weighted by Gasteiger charge is -2.47. The van der Waals surface area contributed by atoms with E-state index < -0.39 is 0 Å². The highest BCUT2D eigenvalue weighted by Crippen LogP contribution is 2.28. The molecular formula is C23H24IN7O2. The van der Waals surface area contributed by atoms with Crippen LogP contribution < -0.4 is 8.85 Å². The lowest BCUT2D eigenvalue weighted by atomic mass is 10.0. The van der Waals surface area contributed by atoms with Crippen LogP contribution in [-0.4, -0.2) is 74.9 Å². The van der Waals surface area contributed by atoms with Crippen LogP contribution in [-0.2, 0) is 0 Å². The number of carbonyl (C=O) groups is 1. The van der Waals surface area contributed by atoms with Crippen molar-refractivity contribution in [2.45, 2.75) is 19.0 Å². The maximum atomic E-state index is 13.3. The molecule has 2 N–H and O–H groups in total. The third-order valence-corrected chi connectivity index (χ3v) is 7.05. The highest BCUT2D eigenvalue weighted by molar-refractivity contribution is 14.1. The third-order valence-electron chi connectivity index (χ3n) is 6.59. The molecule has 0 bridgehead atoms. The number of hydrogen-bond acceptors (Lipinski definition) is 7. The minimum Gasteiger partial charge on any atom is -0.423 e. The average molecular weight is 557 g/mol. The molecule has 2 saturated heterocycles. The molecule has 0 saturated carbocycles. The number of rotatable bonds is 4. The Balaban J connectivity index is 1.24. The van der Waals surface area contributed by atoms with Crippen LogP contribution in [0.25, 0.3) is 27.9 Å². The largest absolute Gasteiger partial charge is 0.423 e. The van der Waals surface area contributed by atoms with Gasteiger partial charge in [-0.25, -0.2) is 4.98 Å². The van der Waals surface area contributed by atoms with Crippen LogP contribution in [0.3, 0.4) is 0 Å². The molecule has 2 fully saturated rings. The van der Waals surface area contributed by atoms with Crippen LogP contribution >= 0.6 is 22.9 Å². The lowest BCUT2D eigenvalue weighted by Crippen LogP contribution is -2.65. The van der Waals surface area contributed by atoms with E-state index in [2.05, 4.69) is 30.6 Å². The minimum absolute atomic E-state index is 0.0313. The molecule has 170 valence electrons. The summed E-state index contributed by atoms with van der Waals surface area (Å²) in [4.78, 5) is 26.6. The standard InChI is InChI=1S/C23H24IN7O2/c1-14-10-29(7-6-25-14)17-12-30(13-17)22(32)19-9-26-21-5-3-16(11-31(19)21)15-2-4-20-18(8-15)27-23(28-24)33-20/h2-5,8-9,11,14,17,25H,6-7,10,12-13H2,1H3,(H,27,28)/t14-/m0/s1. The van der Waals surface area contributed by atoms with Gasteiger partial charge >= 0.3 is 6.01 Å². The zero-order valence-corrected chi connectivity index (χ0v) is 20.3. The van der Waals surface area contributed by atoms with Crippen molar-refractivity contribution < 1.29 is 9.21 Å². The van der Waals surface area contributed by atoms with E-state index in [1.54, 1.807) is 6.20 Å².